The van der Waals surface area contributed by atoms with Crippen molar-refractivity contribution in [2.75, 3.05) is 12.8 Å². The average Bonchev–Trinajstić information content (AvgIpc) is 2.54. The zero-order chi connectivity index (χ0) is 18.5. The van der Waals surface area contributed by atoms with E-state index in [1.54, 1.807) is 6.92 Å². The van der Waals surface area contributed by atoms with Crippen molar-refractivity contribution < 1.29 is 18.8 Å². The lowest BCUT2D eigenvalue weighted by Crippen LogP contribution is -2.53. The van der Waals surface area contributed by atoms with Gasteiger partial charge in [0.2, 0.25) is 11.4 Å². The maximum atomic E-state index is 13.1. The van der Waals surface area contributed by atoms with E-state index >= 15 is 0 Å². The molecule has 1 aromatic rings. The van der Waals surface area contributed by atoms with Gasteiger partial charge in [-0.1, -0.05) is 35.3 Å². The van der Waals surface area contributed by atoms with Crippen LogP contribution < -0.4 is 11.1 Å². The van der Waals surface area contributed by atoms with Crippen LogP contribution in [0.15, 0.2) is 17.3 Å². The summed E-state index contributed by atoms with van der Waals surface area (Å²) in [7, 11) is 1.35. The summed E-state index contributed by atoms with van der Waals surface area (Å²) in [6.07, 6.45) is 1.45. The fourth-order valence-corrected chi connectivity index (χ4v) is 2.34. The van der Waals surface area contributed by atoms with Gasteiger partial charge in [-0.15, -0.1) is 0 Å². The van der Waals surface area contributed by atoms with E-state index in [9.17, 15) is 14.0 Å². The number of nitrogens with one attached hydrogen (secondary N) is 1. The minimum absolute atomic E-state index is 0.129. The molecule has 132 valence electrons. The minimum atomic E-state index is -2.21. The number of hydrogen-bond acceptors (Lipinski definition) is 5. The second-order valence-electron chi connectivity index (χ2n) is 5.18. The predicted octanol–water partition coefficient (Wildman–Crippen LogP) is 2.90. The van der Waals surface area contributed by atoms with Crippen molar-refractivity contribution in [2.45, 2.75) is 31.4 Å². The normalized spacial score (nSPS) is 14.9. The van der Waals surface area contributed by atoms with E-state index in [0.717, 1.165) is 0 Å². The zero-order valence-electron chi connectivity index (χ0n) is 13.4. The molecule has 0 radical (unpaired) electrons. The number of carbonyl (C=O) groups excluding carboxylic acids is 2. The fraction of sp³-hybridized carbons (Fsp3) is 0.400. The summed E-state index contributed by atoms with van der Waals surface area (Å²) in [6.45, 7) is 3.03. The van der Waals surface area contributed by atoms with E-state index in [1.165, 1.54) is 32.4 Å². The Kier molecular flexibility index (Phi) is 6.98. The van der Waals surface area contributed by atoms with Crippen LogP contribution in [0.25, 0.3) is 0 Å². The molecule has 0 spiro atoms. The molecular weight excluding hydrogens is 360 g/mol. The third-order valence-corrected chi connectivity index (χ3v) is 4.07. The Bertz CT molecular complexity index is 668. The van der Waals surface area contributed by atoms with Gasteiger partial charge in [-0.2, -0.15) is 0 Å². The highest BCUT2D eigenvalue weighted by molar-refractivity contribution is 6.34. The molecule has 0 saturated heterocycles. The lowest BCUT2D eigenvalue weighted by molar-refractivity contribution is -0.127. The van der Waals surface area contributed by atoms with Crippen LogP contribution in [0.2, 0.25) is 5.02 Å². The molecular formula is C15H18Cl2FN3O3. The van der Waals surface area contributed by atoms with Crippen molar-refractivity contribution in [3.8, 4) is 0 Å². The molecule has 1 amide bonds. The van der Waals surface area contributed by atoms with Crippen molar-refractivity contribution in [1.82, 2.24) is 5.32 Å². The Morgan fingerprint density at radius 2 is 2.17 bits per heavy atom. The van der Waals surface area contributed by atoms with Crippen LogP contribution in [0.5, 0.6) is 0 Å². The third kappa shape index (κ3) is 4.58. The summed E-state index contributed by atoms with van der Waals surface area (Å²) in [5, 5.41) is 6.18. The first-order chi connectivity index (χ1) is 11.2. The van der Waals surface area contributed by atoms with Gasteiger partial charge < -0.3 is 15.9 Å². The lowest BCUT2D eigenvalue weighted by atomic mass is 9.93. The number of rotatable bonds is 7. The van der Waals surface area contributed by atoms with Crippen molar-refractivity contribution in [3.63, 3.8) is 0 Å². The molecule has 0 aliphatic heterocycles. The Balaban J connectivity index is 3.17. The lowest BCUT2D eigenvalue weighted by Gasteiger charge is -2.28. The molecule has 24 heavy (non-hydrogen) atoms. The van der Waals surface area contributed by atoms with Gasteiger partial charge in [0.1, 0.15) is 12.6 Å². The highest BCUT2D eigenvalue weighted by Gasteiger charge is 2.37. The molecule has 2 unspecified atom stereocenters. The average molecular weight is 378 g/mol. The van der Waals surface area contributed by atoms with E-state index in [4.69, 9.17) is 28.9 Å². The highest BCUT2D eigenvalue weighted by atomic mass is 35.5. The Hall–Kier alpha value is -1.86. The number of hydrogen-bond donors (Lipinski definition) is 2. The fourth-order valence-electron chi connectivity index (χ4n) is 1.87. The van der Waals surface area contributed by atoms with Gasteiger partial charge in [-0.3, -0.25) is 9.59 Å². The van der Waals surface area contributed by atoms with Crippen molar-refractivity contribution in [2.24, 2.45) is 5.16 Å². The first kappa shape index (κ1) is 20.2. The molecule has 6 nitrogen and oxygen atoms in total. The molecule has 1 aromatic carbocycles. The first-order valence-electron chi connectivity index (χ1n) is 6.96. The summed E-state index contributed by atoms with van der Waals surface area (Å²) in [5.74, 6) is -1.55. The largest absolute Gasteiger partial charge is 0.399 e. The number of nitrogen functional groups attached to an aromatic ring is 1. The number of ketones is 1. The van der Waals surface area contributed by atoms with Gasteiger partial charge in [0, 0.05) is 11.1 Å². The van der Waals surface area contributed by atoms with Crippen molar-refractivity contribution in [1.29, 1.82) is 0 Å². The molecule has 0 fully saturated rings. The van der Waals surface area contributed by atoms with Crippen LogP contribution in [0, 0.1) is 0 Å². The number of alkyl halides is 2. The van der Waals surface area contributed by atoms with Crippen LogP contribution in [-0.4, -0.2) is 36.2 Å². The molecule has 0 bridgehead atoms. The number of nitrogens with two attached hydrogens (primary N) is 1. The molecule has 0 aliphatic rings. The molecule has 0 aromatic heterocycles. The molecule has 0 saturated carbocycles. The summed E-state index contributed by atoms with van der Waals surface area (Å²) in [4.78, 5) is 28.9. The van der Waals surface area contributed by atoms with Gasteiger partial charge in [-0.25, -0.2) is 4.39 Å². The maximum absolute atomic E-state index is 13.1. The second kappa shape index (κ2) is 8.30. The number of oxime groups is 1. The van der Waals surface area contributed by atoms with Crippen LogP contribution in [-0.2, 0) is 9.63 Å². The molecule has 3 N–H and O–H groups in total. The van der Waals surface area contributed by atoms with Crippen LogP contribution in [0.1, 0.15) is 36.2 Å². The number of Topliss-reactive ketones (excluding diaryl/α,β-unsaturated/α-hetero) is 1. The molecule has 1 rings (SSSR count). The van der Waals surface area contributed by atoms with E-state index in [2.05, 4.69) is 15.3 Å². The Morgan fingerprint density at radius 3 is 2.67 bits per heavy atom. The number of anilines is 1. The molecule has 9 heteroatoms. The van der Waals surface area contributed by atoms with Gasteiger partial charge in [-0.05, 0) is 25.5 Å². The van der Waals surface area contributed by atoms with Crippen molar-refractivity contribution in [3.05, 3.63) is 28.3 Å². The van der Waals surface area contributed by atoms with Gasteiger partial charge >= 0.3 is 0 Å². The smallest absolute Gasteiger partial charge is 0.252 e. The maximum Gasteiger partial charge on any atom is 0.252 e. The molecule has 0 heterocycles. The van der Waals surface area contributed by atoms with E-state index in [1.807, 2.05) is 0 Å². The van der Waals surface area contributed by atoms with Crippen LogP contribution >= 0.6 is 23.2 Å². The minimum Gasteiger partial charge on any atom is -0.399 e. The van der Waals surface area contributed by atoms with E-state index < -0.39 is 22.9 Å². The zero-order valence-corrected chi connectivity index (χ0v) is 14.9. The standard InChI is InChI=1S/C15H18Cl2FN3O3/c1-4-15(2,12(22)13(17)18)21-14(23)8-5-9(7-20-24-3)11(19)10(16)6-8/h5-7,13H,4,19H2,1-3H3,(H,21,23). The second-order valence-corrected chi connectivity index (χ2v) is 5.97. The number of carbonyl (C=O) groups is 2. The highest BCUT2D eigenvalue weighted by Crippen LogP contribution is 2.25. The monoisotopic (exact) mass is 377 g/mol. The number of halogens is 3. The number of benzene rings is 1. The van der Waals surface area contributed by atoms with E-state index in [0.29, 0.717) is 5.56 Å². The van der Waals surface area contributed by atoms with Gasteiger partial charge in [0.05, 0.1) is 16.9 Å². The molecule has 2 atom stereocenters. The summed E-state index contributed by atoms with van der Waals surface area (Å²) in [5.41, 5.74) is 2.84. The van der Waals surface area contributed by atoms with Gasteiger partial charge in [0.25, 0.3) is 5.91 Å². The number of nitrogens with zero attached hydrogens (tertiary/aromatic N) is 1. The summed E-state index contributed by atoms with van der Waals surface area (Å²) >= 11 is 11.2. The van der Waals surface area contributed by atoms with Crippen LogP contribution in [0.4, 0.5) is 10.1 Å². The van der Waals surface area contributed by atoms with Crippen LogP contribution in [0.3, 0.4) is 0 Å². The number of amides is 1. The summed E-state index contributed by atoms with van der Waals surface area (Å²) in [6, 6.07) is 2.76. The quantitative estimate of drug-likeness (QED) is 0.330. The topological polar surface area (TPSA) is 93.8 Å². The van der Waals surface area contributed by atoms with Crippen molar-refractivity contribution >= 4 is 46.8 Å². The van der Waals surface area contributed by atoms with Gasteiger partial charge in [0.15, 0.2) is 0 Å². The summed E-state index contributed by atoms with van der Waals surface area (Å²) < 4.78 is 13.1. The molecule has 0 aliphatic carbocycles. The SMILES string of the molecule is CCC(C)(NC(=O)c1cc(Cl)c(N)c(C=NOC)c1)C(=O)C(F)Cl. The first-order valence-corrected chi connectivity index (χ1v) is 7.78. The van der Waals surface area contributed by atoms with E-state index in [-0.39, 0.29) is 22.7 Å². The third-order valence-electron chi connectivity index (χ3n) is 3.56. The predicted molar refractivity (Wildman–Crippen MR) is 92.4 cm³/mol. The Labute approximate surface area is 149 Å². The Morgan fingerprint density at radius 1 is 1.54 bits per heavy atom.